The number of β-amino-alcohol motifs (C(OH)–C–C–N with tert-alkyl or cyclic N) is 1. The topological polar surface area (TPSA) is 102 Å². The molecule has 9 nitrogen and oxygen atoms in total. The van der Waals surface area contributed by atoms with E-state index in [-0.39, 0.29) is 43.2 Å². The molecule has 2 aliphatic heterocycles. The van der Waals surface area contributed by atoms with Crippen molar-refractivity contribution in [1.82, 2.24) is 15.1 Å². The molecule has 2 unspecified atom stereocenters. The van der Waals surface area contributed by atoms with Gasteiger partial charge >= 0.3 is 0 Å². The Morgan fingerprint density at radius 1 is 1.16 bits per heavy atom. The summed E-state index contributed by atoms with van der Waals surface area (Å²) in [5.74, 6) is -0.335. The van der Waals surface area contributed by atoms with Gasteiger partial charge in [-0.25, -0.2) is 0 Å². The summed E-state index contributed by atoms with van der Waals surface area (Å²) >= 11 is 0. The zero-order chi connectivity index (χ0) is 23.3. The molecule has 2 saturated heterocycles. The second kappa shape index (κ2) is 10.8. The SMILES string of the molecule is COc1ccc(N2CC(C(=O)NC(C(=O)N3CCN(CCO)CC3)C(C)C)CC2=O)cc1. The number of rotatable bonds is 8. The number of methoxy groups -OCH3 is 1. The number of benzene rings is 1. The van der Waals surface area contributed by atoms with Crippen molar-refractivity contribution in [2.75, 3.05) is 57.9 Å². The molecular weight excluding hydrogens is 412 g/mol. The number of aliphatic hydroxyl groups excluding tert-OH is 1. The summed E-state index contributed by atoms with van der Waals surface area (Å²) in [4.78, 5) is 44.2. The smallest absolute Gasteiger partial charge is 0.245 e. The number of carbonyl (C=O) groups is 3. The predicted molar refractivity (Wildman–Crippen MR) is 120 cm³/mol. The molecule has 2 aliphatic rings. The van der Waals surface area contributed by atoms with E-state index in [0.29, 0.717) is 38.5 Å². The lowest BCUT2D eigenvalue weighted by molar-refractivity contribution is -0.140. The number of hydrogen-bond donors (Lipinski definition) is 2. The first kappa shape index (κ1) is 24.0. The van der Waals surface area contributed by atoms with Gasteiger partial charge < -0.3 is 25.0 Å². The lowest BCUT2D eigenvalue weighted by Gasteiger charge is -2.37. The Hall–Kier alpha value is -2.65. The minimum Gasteiger partial charge on any atom is -0.497 e. The van der Waals surface area contributed by atoms with Gasteiger partial charge in [0.15, 0.2) is 0 Å². The van der Waals surface area contributed by atoms with Crippen LogP contribution in [0.5, 0.6) is 5.75 Å². The Morgan fingerprint density at radius 2 is 1.81 bits per heavy atom. The van der Waals surface area contributed by atoms with Crippen LogP contribution in [0.2, 0.25) is 0 Å². The van der Waals surface area contributed by atoms with Gasteiger partial charge in [0.1, 0.15) is 11.8 Å². The van der Waals surface area contributed by atoms with Crippen LogP contribution >= 0.6 is 0 Å². The Morgan fingerprint density at radius 3 is 2.38 bits per heavy atom. The van der Waals surface area contributed by atoms with Crippen molar-refractivity contribution in [2.45, 2.75) is 26.3 Å². The number of amides is 3. The number of nitrogens with zero attached hydrogens (tertiary/aromatic N) is 3. The highest BCUT2D eigenvalue weighted by Crippen LogP contribution is 2.27. The summed E-state index contributed by atoms with van der Waals surface area (Å²) in [5, 5.41) is 12.0. The fourth-order valence-corrected chi connectivity index (χ4v) is 4.21. The van der Waals surface area contributed by atoms with E-state index < -0.39 is 12.0 Å². The van der Waals surface area contributed by atoms with Gasteiger partial charge in [0.25, 0.3) is 0 Å². The quantitative estimate of drug-likeness (QED) is 0.597. The average molecular weight is 447 g/mol. The van der Waals surface area contributed by atoms with E-state index in [0.717, 1.165) is 5.69 Å². The number of hydrogen-bond acceptors (Lipinski definition) is 6. The fraction of sp³-hybridized carbons (Fsp3) is 0.609. The summed E-state index contributed by atoms with van der Waals surface area (Å²) in [6.07, 6.45) is 0.122. The van der Waals surface area contributed by atoms with Crippen LogP contribution in [0.15, 0.2) is 24.3 Å². The Balaban J connectivity index is 1.60. The molecule has 0 saturated carbocycles. The molecule has 0 aromatic heterocycles. The molecule has 3 amide bonds. The number of carbonyl (C=O) groups excluding carboxylic acids is 3. The lowest BCUT2D eigenvalue weighted by atomic mass is 10.00. The van der Waals surface area contributed by atoms with Crippen molar-refractivity contribution in [2.24, 2.45) is 11.8 Å². The molecule has 176 valence electrons. The molecule has 2 atom stereocenters. The molecule has 9 heteroatoms. The highest BCUT2D eigenvalue weighted by molar-refractivity contribution is 6.01. The Bertz CT molecular complexity index is 805. The minimum atomic E-state index is -0.628. The maximum atomic E-state index is 13.1. The monoisotopic (exact) mass is 446 g/mol. The van der Waals surface area contributed by atoms with Crippen LogP contribution in [0.25, 0.3) is 0 Å². The van der Waals surface area contributed by atoms with Crippen molar-refractivity contribution in [3.63, 3.8) is 0 Å². The third kappa shape index (κ3) is 5.58. The molecule has 0 radical (unpaired) electrons. The first-order chi connectivity index (χ1) is 15.3. The van der Waals surface area contributed by atoms with Crippen LogP contribution in [0.4, 0.5) is 5.69 Å². The second-order valence-electron chi connectivity index (χ2n) is 8.72. The maximum Gasteiger partial charge on any atom is 0.245 e. The van der Waals surface area contributed by atoms with E-state index in [1.807, 2.05) is 13.8 Å². The molecule has 1 aromatic carbocycles. The molecule has 2 fully saturated rings. The van der Waals surface area contributed by atoms with Crippen LogP contribution in [0, 0.1) is 11.8 Å². The molecule has 2 heterocycles. The summed E-state index contributed by atoms with van der Waals surface area (Å²) in [5.41, 5.74) is 0.725. The largest absolute Gasteiger partial charge is 0.497 e. The first-order valence-corrected chi connectivity index (χ1v) is 11.2. The molecule has 32 heavy (non-hydrogen) atoms. The zero-order valence-corrected chi connectivity index (χ0v) is 19.1. The van der Waals surface area contributed by atoms with Crippen molar-refractivity contribution in [3.8, 4) is 5.75 Å². The normalized spacial score (nSPS) is 20.5. The highest BCUT2D eigenvalue weighted by atomic mass is 16.5. The van der Waals surface area contributed by atoms with E-state index >= 15 is 0 Å². The highest BCUT2D eigenvalue weighted by Gasteiger charge is 2.38. The van der Waals surface area contributed by atoms with Crippen molar-refractivity contribution in [3.05, 3.63) is 24.3 Å². The molecule has 0 bridgehead atoms. The molecule has 1 aromatic rings. The van der Waals surface area contributed by atoms with Crippen LogP contribution < -0.4 is 15.0 Å². The van der Waals surface area contributed by atoms with E-state index in [1.54, 1.807) is 41.2 Å². The van der Waals surface area contributed by atoms with E-state index in [2.05, 4.69) is 10.2 Å². The third-order valence-electron chi connectivity index (χ3n) is 6.21. The van der Waals surface area contributed by atoms with Crippen molar-refractivity contribution >= 4 is 23.4 Å². The van der Waals surface area contributed by atoms with Crippen LogP contribution in [0.1, 0.15) is 20.3 Å². The fourth-order valence-electron chi connectivity index (χ4n) is 4.21. The van der Waals surface area contributed by atoms with Crippen molar-refractivity contribution < 1.29 is 24.2 Å². The molecule has 0 spiro atoms. The summed E-state index contributed by atoms with van der Waals surface area (Å²) < 4.78 is 5.16. The van der Waals surface area contributed by atoms with Gasteiger partial charge in [-0.3, -0.25) is 19.3 Å². The van der Waals surface area contributed by atoms with E-state index in [9.17, 15) is 14.4 Å². The number of aliphatic hydroxyl groups is 1. The molecular formula is C23H34N4O5. The van der Waals surface area contributed by atoms with Gasteiger partial charge in [-0.05, 0) is 30.2 Å². The molecule has 0 aliphatic carbocycles. The van der Waals surface area contributed by atoms with Gasteiger partial charge in [-0.15, -0.1) is 0 Å². The number of ether oxygens (including phenoxy) is 1. The zero-order valence-electron chi connectivity index (χ0n) is 19.1. The minimum absolute atomic E-state index is 0.0725. The average Bonchev–Trinajstić information content (AvgIpc) is 3.19. The van der Waals surface area contributed by atoms with Crippen LogP contribution in [-0.2, 0) is 14.4 Å². The molecule has 2 N–H and O–H groups in total. The van der Waals surface area contributed by atoms with Gasteiger partial charge in [0.2, 0.25) is 17.7 Å². The van der Waals surface area contributed by atoms with Crippen LogP contribution in [0.3, 0.4) is 0 Å². The molecule has 3 rings (SSSR count). The van der Waals surface area contributed by atoms with Crippen molar-refractivity contribution in [1.29, 1.82) is 0 Å². The summed E-state index contributed by atoms with van der Waals surface area (Å²) in [6.45, 7) is 7.38. The second-order valence-corrected chi connectivity index (χ2v) is 8.72. The van der Waals surface area contributed by atoms with E-state index in [1.165, 1.54) is 0 Å². The van der Waals surface area contributed by atoms with Crippen LogP contribution in [-0.4, -0.2) is 91.7 Å². The maximum absolute atomic E-state index is 13.1. The predicted octanol–water partition coefficient (Wildman–Crippen LogP) is 0.325. The first-order valence-electron chi connectivity index (χ1n) is 11.2. The lowest BCUT2D eigenvalue weighted by Crippen LogP contribution is -2.57. The van der Waals surface area contributed by atoms with E-state index in [4.69, 9.17) is 9.84 Å². The number of anilines is 1. The number of piperazine rings is 1. The summed E-state index contributed by atoms with van der Waals surface area (Å²) in [7, 11) is 1.58. The standard InChI is InChI=1S/C23H34N4O5/c1-16(2)21(23(31)26-10-8-25(9-11-26)12-13-28)24-22(30)17-14-20(29)27(15-17)18-4-6-19(32-3)7-5-18/h4-7,16-17,21,28H,8-15H2,1-3H3,(H,24,30). The summed E-state index contributed by atoms with van der Waals surface area (Å²) in [6, 6.07) is 6.53. The third-order valence-corrected chi connectivity index (χ3v) is 6.21. The Labute approximate surface area is 189 Å². The van der Waals surface area contributed by atoms with Gasteiger partial charge in [0.05, 0.1) is 19.6 Å². The van der Waals surface area contributed by atoms with Gasteiger partial charge in [0, 0.05) is 51.4 Å². The van der Waals surface area contributed by atoms with Gasteiger partial charge in [-0.2, -0.15) is 0 Å². The van der Waals surface area contributed by atoms with Gasteiger partial charge in [-0.1, -0.05) is 13.8 Å². The Kier molecular flexibility index (Phi) is 8.09. The number of nitrogens with one attached hydrogen (secondary N) is 1.